The number of rotatable bonds is 6. The number of ketones is 1. The Bertz CT molecular complexity index is 563. The molecule has 0 N–H and O–H groups in total. The largest absolute Gasteiger partial charge is 0.304 e. The molecule has 0 saturated heterocycles. The Morgan fingerprint density at radius 3 is 2.48 bits per heavy atom. The molecule has 0 radical (unpaired) electrons. The monoisotopic (exact) mass is 287 g/mol. The van der Waals surface area contributed by atoms with E-state index in [9.17, 15) is 9.59 Å². The van der Waals surface area contributed by atoms with Gasteiger partial charge in [-0.2, -0.15) is 0 Å². The lowest BCUT2D eigenvalue weighted by Crippen LogP contribution is -2.34. The lowest BCUT2D eigenvalue weighted by atomic mass is 9.98. The standard InChI is InChI=1S/C18H25NO2/c1-5-7-8-14(6-2)11-19-16-13(4)12(3)9-10-15(16)17(20)18(19)21/h9-10,14H,5-8,11H2,1-4H3. The molecule has 0 aliphatic carbocycles. The van der Waals surface area contributed by atoms with Crippen molar-refractivity contribution in [2.75, 3.05) is 11.4 Å². The average Bonchev–Trinajstić information content (AvgIpc) is 2.72. The minimum atomic E-state index is -0.353. The number of unbranched alkanes of at least 4 members (excludes halogenated alkanes) is 1. The van der Waals surface area contributed by atoms with Crippen LogP contribution in [0.25, 0.3) is 0 Å². The second kappa shape index (κ2) is 6.42. The highest BCUT2D eigenvalue weighted by molar-refractivity contribution is 6.52. The van der Waals surface area contributed by atoms with E-state index in [2.05, 4.69) is 13.8 Å². The summed E-state index contributed by atoms with van der Waals surface area (Å²) < 4.78 is 0. The molecule has 21 heavy (non-hydrogen) atoms. The van der Waals surface area contributed by atoms with E-state index in [-0.39, 0.29) is 11.7 Å². The molecule has 1 heterocycles. The molecule has 1 aliphatic rings. The van der Waals surface area contributed by atoms with E-state index in [0.29, 0.717) is 18.0 Å². The van der Waals surface area contributed by atoms with Gasteiger partial charge in [-0.3, -0.25) is 9.59 Å². The molecule has 1 atom stereocenters. The van der Waals surface area contributed by atoms with Gasteiger partial charge in [-0.15, -0.1) is 0 Å². The Balaban J connectivity index is 2.31. The summed E-state index contributed by atoms with van der Waals surface area (Å²) in [6.07, 6.45) is 4.50. The summed E-state index contributed by atoms with van der Waals surface area (Å²) >= 11 is 0. The predicted octanol–water partition coefficient (Wildman–Crippen LogP) is 4.05. The number of amides is 1. The molecule has 1 unspecified atom stereocenters. The first-order chi connectivity index (χ1) is 10.0. The molecule has 1 aliphatic heterocycles. The van der Waals surface area contributed by atoms with Gasteiger partial charge in [0.05, 0.1) is 11.3 Å². The van der Waals surface area contributed by atoms with Crippen LogP contribution >= 0.6 is 0 Å². The van der Waals surface area contributed by atoms with Crippen LogP contribution in [-0.2, 0) is 4.79 Å². The zero-order valence-electron chi connectivity index (χ0n) is 13.5. The summed E-state index contributed by atoms with van der Waals surface area (Å²) in [4.78, 5) is 26.2. The Morgan fingerprint density at radius 1 is 1.14 bits per heavy atom. The van der Waals surface area contributed by atoms with Crippen molar-refractivity contribution < 1.29 is 9.59 Å². The first-order valence-electron chi connectivity index (χ1n) is 7.97. The van der Waals surface area contributed by atoms with E-state index >= 15 is 0 Å². The number of aryl methyl sites for hydroxylation is 1. The summed E-state index contributed by atoms with van der Waals surface area (Å²) in [5.74, 6) is -0.236. The van der Waals surface area contributed by atoms with Crippen LogP contribution < -0.4 is 4.90 Å². The molecule has 0 aromatic heterocycles. The number of benzene rings is 1. The number of hydrogen-bond acceptors (Lipinski definition) is 2. The van der Waals surface area contributed by atoms with Gasteiger partial charge in [-0.05, 0) is 43.4 Å². The van der Waals surface area contributed by atoms with Crippen molar-refractivity contribution in [2.45, 2.75) is 53.4 Å². The van der Waals surface area contributed by atoms with Crippen LogP contribution in [0.2, 0.25) is 0 Å². The lowest BCUT2D eigenvalue weighted by Gasteiger charge is -2.24. The Labute approximate surface area is 127 Å². The topological polar surface area (TPSA) is 37.4 Å². The van der Waals surface area contributed by atoms with Gasteiger partial charge in [0.15, 0.2) is 0 Å². The van der Waals surface area contributed by atoms with Crippen molar-refractivity contribution in [2.24, 2.45) is 5.92 Å². The zero-order valence-corrected chi connectivity index (χ0v) is 13.5. The third-order valence-electron chi connectivity index (χ3n) is 4.64. The molecule has 0 saturated carbocycles. The molecule has 0 bridgehead atoms. The smallest absolute Gasteiger partial charge is 0.299 e. The normalized spacial score (nSPS) is 15.5. The van der Waals surface area contributed by atoms with Crippen LogP contribution in [-0.4, -0.2) is 18.2 Å². The summed E-state index contributed by atoms with van der Waals surface area (Å²) in [6.45, 7) is 9.03. The first-order valence-corrected chi connectivity index (χ1v) is 7.97. The SMILES string of the molecule is CCCCC(CC)CN1C(=O)C(=O)c2ccc(C)c(C)c21. The quantitative estimate of drug-likeness (QED) is 0.740. The van der Waals surface area contributed by atoms with E-state index in [1.807, 2.05) is 19.9 Å². The third kappa shape index (κ3) is 2.87. The minimum absolute atomic E-state index is 0.349. The number of anilines is 1. The van der Waals surface area contributed by atoms with Crippen molar-refractivity contribution >= 4 is 17.4 Å². The van der Waals surface area contributed by atoms with Crippen molar-refractivity contribution in [1.82, 2.24) is 0 Å². The molecule has 0 spiro atoms. The summed E-state index contributed by atoms with van der Waals surface area (Å²) in [5.41, 5.74) is 3.60. The first kappa shape index (κ1) is 15.7. The van der Waals surface area contributed by atoms with Gasteiger partial charge in [0, 0.05) is 6.54 Å². The molecule has 114 valence electrons. The molecular weight excluding hydrogens is 262 g/mol. The number of carbonyl (C=O) groups is 2. The highest BCUT2D eigenvalue weighted by atomic mass is 16.2. The highest BCUT2D eigenvalue weighted by Crippen LogP contribution is 2.35. The van der Waals surface area contributed by atoms with Gasteiger partial charge in [-0.25, -0.2) is 0 Å². The number of hydrogen-bond donors (Lipinski definition) is 0. The van der Waals surface area contributed by atoms with Crippen molar-refractivity contribution in [3.8, 4) is 0 Å². The van der Waals surface area contributed by atoms with E-state index in [0.717, 1.165) is 36.1 Å². The predicted molar refractivity (Wildman–Crippen MR) is 85.9 cm³/mol. The van der Waals surface area contributed by atoms with Gasteiger partial charge in [-0.1, -0.05) is 39.2 Å². The zero-order chi connectivity index (χ0) is 15.6. The van der Waals surface area contributed by atoms with E-state index in [1.54, 1.807) is 11.0 Å². The van der Waals surface area contributed by atoms with Gasteiger partial charge in [0.25, 0.3) is 11.7 Å². The number of Topliss-reactive ketones (excluding diaryl/α,β-unsaturated/α-hetero) is 1. The van der Waals surface area contributed by atoms with E-state index in [1.165, 1.54) is 6.42 Å². The van der Waals surface area contributed by atoms with E-state index < -0.39 is 0 Å². The molecule has 3 nitrogen and oxygen atoms in total. The van der Waals surface area contributed by atoms with Crippen molar-refractivity contribution in [3.63, 3.8) is 0 Å². The highest BCUT2D eigenvalue weighted by Gasteiger charge is 2.37. The molecule has 3 heteroatoms. The van der Waals surface area contributed by atoms with Crippen molar-refractivity contribution in [3.05, 3.63) is 28.8 Å². The average molecular weight is 287 g/mol. The number of nitrogens with zero attached hydrogens (tertiary/aromatic N) is 1. The van der Waals surface area contributed by atoms with Gasteiger partial charge in [0.1, 0.15) is 0 Å². The maximum absolute atomic E-state index is 12.3. The summed E-state index contributed by atoms with van der Waals surface area (Å²) in [7, 11) is 0. The van der Waals surface area contributed by atoms with Gasteiger partial charge >= 0.3 is 0 Å². The maximum atomic E-state index is 12.3. The molecular formula is C18H25NO2. The fourth-order valence-corrected chi connectivity index (χ4v) is 3.02. The molecule has 0 fully saturated rings. The molecule has 1 aromatic rings. The minimum Gasteiger partial charge on any atom is -0.304 e. The van der Waals surface area contributed by atoms with Crippen molar-refractivity contribution in [1.29, 1.82) is 0 Å². The van der Waals surface area contributed by atoms with Crippen LogP contribution in [0, 0.1) is 19.8 Å². The van der Waals surface area contributed by atoms with Crippen LogP contribution in [0.1, 0.15) is 61.0 Å². The van der Waals surface area contributed by atoms with Gasteiger partial charge in [0.2, 0.25) is 0 Å². The second-order valence-electron chi connectivity index (χ2n) is 6.07. The number of carbonyl (C=O) groups excluding carboxylic acids is 2. The fraction of sp³-hybridized carbons (Fsp3) is 0.556. The van der Waals surface area contributed by atoms with Crippen LogP contribution in [0.4, 0.5) is 5.69 Å². The summed E-state index contributed by atoms with van der Waals surface area (Å²) in [6, 6.07) is 3.72. The van der Waals surface area contributed by atoms with Gasteiger partial charge < -0.3 is 4.90 Å². The van der Waals surface area contributed by atoms with Crippen LogP contribution in [0.5, 0.6) is 0 Å². The number of fused-ring (bicyclic) bond motifs is 1. The maximum Gasteiger partial charge on any atom is 0.299 e. The summed E-state index contributed by atoms with van der Waals surface area (Å²) in [5, 5.41) is 0. The third-order valence-corrected chi connectivity index (χ3v) is 4.64. The Morgan fingerprint density at radius 2 is 1.86 bits per heavy atom. The lowest BCUT2D eigenvalue weighted by molar-refractivity contribution is -0.114. The second-order valence-corrected chi connectivity index (χ2v) is 6.07. The Hall–Kier alpha value is -1.64. The molecule has 1 aromatic carbocycles. The van der Waals surface area contributed by atoms with E-state index in [4.69, 9.17) is 0 Å². The van der Waals surface area contributed by atoms with Crippen LogP contribution in [0.15, 0.2) is 12.1 Å². The molecule has 1 amide bonds. The molecule has 2 rings (SSSR count). The Kier molecular flexibility index (Phi) is 4.81. The van der Waals surface area contributed by atoms with Crippen LogP contribution in [0.3, 0.4) is 0 Å². The fourth-order valence-electron chi connectivity index (χ4n) is 3.02.